The largest absolute Gasteiger partial charge is 0.373 e. The highest BCUT2D eigenvalue weighted by molar-refractivity contribution is 7.88. The van der Waals surface area contributed by atoms with Gasteiger partial charge in [-0.3, -0.25) is 0 Å². The summed E-state index contributed by atoms with van der Waals surface area (Å²) in [7, 11) is -3.32. The summed E-state index contributed by atoms with van der Waals surface area (Å²) in [5.41, 5.74) is 1.28. The summed E-state index contributed by atoms with van der Waals surface area (Å²) in [6, 6.07) is 7.39. The van der Waals surface area contributed by atoms with Gasteiger partial charge in [-0.2, -0.15) is 4.31 Å². The van der Waals surface area contributed by atoms with Crippen molar-refractivity contribution in [2.24, 2.45) is 0 Å². The molecule has 0 unspecified atom stereocenters. The highest BCUT2D eigenvalue weighted by Gasteiger charge is 2.33. The molecule has 0 aliphatic carbocycles. The monoisotopic (exact) mass is 317 g/mol. The predicted octanol–water partition coefficient (Wildman–Crippen LogP) is 2.37. The first-order valence-electron chi connectivity index (χ1n) is 6.58. The lowest BCUT2D eigenvalue weighted by Crippen LogP contribution is -2.50. The van der Waals surface area contributed by atoms with Crippen molar-refractivity contribution >= 4 is 21.6 Å². The van der Waals surface area contributed by atoms with Gasteiger partial charge in [0.2, 0.25) is 10.0 Å². The highest BCUT2D eigenvalue weighted by atomic mass is 35.5. The fourth-order valence-electron chi connectivity index (χ4n) is 2.32. The Morgan fingerprint density at radius 1 is 1.35 bits per heavy atom. The Kier molecular flexibility index (Phi) is 4.74. The van der Waals surface area contributed by atoms with E-state index in [-0.39, 0.29) is 5.75 Å². The number of rotatable bonds is 4. The standard InChI is InChI=1S/C14H20ClNO3S/c1-14(2)11-16(6-7-19-14)20(17,18)10-13-5-3-4-12(8-13)9-15/h3-5,8H,6-7,9-11H2,1-2H3. The number of alkyl halides is 1. The topological polar surface area (TPSA) is 46.6 Å². The van der Waals surface area contributed by atoms with Crippen LogP contribution < -0.4 is 0 Å². The molecular formula is C14H20ClNO3S. The summed E-state index contributed by atoms with van der Waals surface area (Å²) >= 11 is 5.78. The Morgan fingerprint density at radius 2 is 2.05 bits per heavy atom. The van der Waals surface area contributed by atoms with Gasteiger partial charge in [0.25, 0.3) is 0 Å². The maximum atomic E-state index is 12.5. The molecule has 1 aliphatic rings. The van der Waals surface area contributed by atoms with E-state index in [1.54, 1.807) is 0 Å². The molecule has 1 aromatic rings. The van der Waals surface area contributed by atoms with Gasteiger partial charge in [-0.05, 0) is 25.0 Å². The molecular weight excluding hydrogens is 298 g/mol. The van der Waals surface area contributed by atoms with Crippen molar-refractivity contribution in [2.45, 2.75) is 31.1 Å². The van der Waals surface area contributed by atoms with E-state index in [1.165, 1.54) is 4.31 Å². The summed E-state index contributed by atoms with van der Waals surface area (Å²) in [4.78, 5) is 0. The fraction of sp³-hybridized carbons (Fsp3) is 0.571. The van der Waals surface area contributed by atoms with Gasteiger partial charge in [0.1, 0.15) is 0 Å². The van der Waals surface area contributed by atoms with E-state index in [2.05, 4.69) is 0 Å². The Morgan fingerprint density at radius 3 is 2.70 bits per heavy atom. The summed E-state index contributed by atoms with van der Waals surface area (Å²) in [5, 5.41) is 0. The molecule has 0 N–H and O–H groups in total. The van der Waals surface area contributed by atoms with Crippen LogP contribution in [0.15, 0.2) is 24.3 Å². The Hall–Kier alpha value is -0.620. The molecule has 1 saturated heterocycles. The molecule has 0 atom stereocenters. The Bertz CT molecular complexity index is 572. The van der Waals surface area contributed by atoms with E-state index in [0.717, 1.165) is 11.1 Å². The van der Waals surface area contributed by atoms with Crippen LogP contribution in [0.25, 0.3) is 0 Å². The number of sulfonamides is 1. The molecule has 20 heavy (non-hydrogen) atoms. The molecule has 1 aliphatic heterocycles. The van der Waals surface area contributed by atoms with Crippen LogP contribution in [0, 0.1) is 0 Å². The lowest BCUT2D eigenvalue weighted by molar-refractivity contribution is -0.0640. The number of ether oxygens (including phenoxy) is 1. The number of hydrogen-bond donors (Lipinski definition) is 0. The van der Waals surface area contributed by atoms with E-state index in [1.807, 2.05) is 38.1 Å². The van der Waals surface area contributed by atoms with Crippen LogP contribution in [-0.4, -0.2) is 38.0 Å². The lowest BCUT2D eigenvalue weighted by atomic mass is 10.1. The summed E-state index contributed by atoms with van der Waals surface area (Å²) in [6.07, 6.45) is 0. The Labute approximate surface area is 125 Å². The third-order valence-corrected chi connectivity index (χ3v) is 5.38. The second kappa shape index (κ2) is 6.02. The van der Waals surface area contributed by atoms with E-state index < -0.39 is 15.6 Å². The third kappa shape index (κ3) is 3.95. The number of nitrogens with zero attached hydrogens (tertiary/aromatic N) is 1. The molecule has 112 valence electrons. The number of hydrogen-bond acceptors (Lipinski definition) is 3. The van der Waals surface area contributed by atoms with Crippen LogP contribution in [0.3, 0.4) is 0 Å². The summed E-state index contributed by atoms with van der Waals surface area (Å²) in [5.74, 6) is 0.395. The van der Waals surface area contributed by atoms with Gasteiger partial charge in [0.15, 0.2) is 0 Å². The highest BCUT2D eigenvalue weighted by Crippen LogP contribution is 2.21. The SMILES string of the molecule is CC1(C)CN(S(=O)(=O)Cc2cccc(CCl)c2)CCO1. The maximum absolute atomic E-state index is 12.5. The van der Waals surface area contributed by atoms with Gasteiger partial charge >= 0.3 is 0 Å². The smallest absolute Gasteiger partial charge is 0.218 e. The zero-order chi connectivity index (χ0) is 14.8. The average molecular weight is 318 g/mol. The van der Waals surface area contributed by atoms with Crippen LogP contribution in [0.1, 0.15) is 25.0 Å². The molecule has 0 aromatic heterocycles. The van der Waals surface area contributed by atoms with Crippen LogP contribution in [0.4, 0.5) is 0 Å². The van der Waals surface area contributed by atoms with Crippen LogP contribution in [0.2, 0.25) is 0 Å². The van der Waals surface area contributed by atoms with Crippen molar-refractivity contribution in [3.8, 4) is 0 Å². The summed E-state index contributed by atoms with van der Waals surface area (Å²) in [6.45, 7) is 5.06. The maximum Gasteiger partial charge on any atom is 0.218 e. The Balaban J connectivity index is 2.14. The molecule has 1 heterocycles. The third-order valence-electron chi connectivity index (χ3n) is 3.28. The molecule has 2 rings (SSSR count). The van der Waals surface area contributed by atoms with E-state index in [4.69, 9.17) is 16.3 Å². The van der Waals surface area contributed by atoms with Gasteiger partial charge in [-0.1, -0.05) is 24.3 Å². The second-order valence-corrected chi connectivity index (χ2v) is 7.89. The van der Waals surface area contributed by atoms with Crippen LogP contribution in [-0.2, 0) is 26.4 Å². The molecule has 0 radical (unpaired) electrons. The molecule has 1 aromatic carbocycles. The number of benzene rings is 1. The second-order valence-electron chi connectivity index (χ2n) is 5.65. The predicted molar refractivity (Wildman–Crippen MR) is 80.2 cm³/mol. The van der Waals surface area contributed by atoms with Gasteiger partial charge in [0.05, 0.1) is 18.0 Å². The molecule has 0 bridgehead atoms. The average Bonchev–Trinajstić information content (AvgIpc) is 2.37. The van der Waals surface area contributed by atoms with E-state index in [0.29, 0.717) is 25.6 Å². The van der Waals surface area contributed by atoms with Crippen molar-refractivity contribution in [1.82, 2.24) is 4.31 Å². The molecule has 6 heteroatoms. The van der Waals surface area contributed by atoms with E-state index >= 15 is 0 Å². The lowest BCUT2D eigenvalue weighted by Gasteiger charge is -2.37. The van der Waals surface area contributed by atoms with Gasteiger partial charge < -0.3 is 4.74 Å². The zero-order valence-electron chi connectivity index (χ0n) is 11.8. The molecule has 0 saturated carbocycles. The van der Waals surface area contributed by atoms with Gasteiger partial charge in [0, 0.05) is 19.0 Å². The zero-order valence-corrected chi connectivity index (χ0v) is 13.4. The summed E-state index contributed by atoms with van der Waals surface area (Å²) < 4.78 is 32.0. The van der Waals surface area contributed by atoms with Gasteiger partial charge in [-0.15, -0.1) is 11.6 Å². The van der Waals surface area contributed by atoms with Crippen molar-refractivity contribution < 1.29 is 13.2 Å². The first-order valence-corrected chi connectivity index (χ1v) is 8.72. The quantitative estimate of drug-likeness (QED) is 0.801. The van der Waals surface area contributed by atoms with Crippen molar-refractivity contribution in [3.05, 3.63) is 35.4 Å². The number of halogens is 1. The van der Waals surface area contributed by atoms with Gasteiger partial charge in [-0.25, -0.2) is 8.42 Å². The normalized spacial score (nSPS) is 19.9. The van der Waals surface area contributed by atoms with Crippen molar-refractivity contribution in [1.29, 1.82) is 0 Å². The minimum atomic E-state index is -3.32. The molecule has 0 amide bonds. The van der Waals surface area contributed by atoms with E-state index in [9.17, 15) is 8.42 Å². The molecule has 4 nitrogen and oxygen atoms in total. The minimum absolute atomic E-state index is 0.00775. The first-order chi connectivity index (χ1) is 9.32. The van der Waals surface area contributed by atoms with Crippen molar-refractivity contribution in [3.63, 3.8) is 0 Å². The van der Waals surface area contributed by atoms with Crippen molar-refractivity contribution in [2.75, 3.05) is 19.7 Å². The van der Waals surface area contributed by atoms with Crippen LogP contribution >= 0.6 is 11.6 Å². The number of morpholine rings is 1. The minimum Gasteiger partial charge on any atom is -0.373 e. The molecule has 0 spiro atoms. The fourth-order valence-corrected chi connectivity index (χ4v) is 4.12. The molecule has 1 fully saturated rings. The van der Waals surface area contributed by atoms with Crippen LogP contribution in [0.5, 0.6) is 0 Å². The first kappa shape index (κ1) is 15.8.